The Kier molecular flexibility index (Phi) is 5.37. The van der Waals surface area contributed by atoms with Crippen molar-refractivity contribution in [2.75, 3.05) is 18.0 Å². The van der Waals surface area contributed by atoms with Crippen molar-refractivity contribution in [2.45, 2.75) is 27.7 Å². The molecule has 2 aromatic carbocycles. The summed E-state index contributed by atoms with van der Waals surface area (Å²) in [6.07, 6.45) is 1.60. The number of hydrogen-bond acceptors (Lipinski definition) is 4. The molecule has 0 unspecified atom stereocenters. The molecule has 0 aliphatic heterocycles. The van der Waals surface area contributed by atoms with Crippen molar-refractivity contribution in [3.05, 3.63) is 74.1 Å². The predicted molar refractivity (Wildman–Crippen MR) is 126 cm³/mol. The van der Waals surface area contributed by atoms with Crippen LogP contribution in [0.1, 0.15) is 30.7 Å². The summed E-state index contributed by atoms with van der Waals surface area (Å²) in [6, 6.07) is 11.5. The molecule has 160 valence electrons. The number of aryl methyl sites for hydroxylation is 2. The van der Waals surface area contributed by atoms with E-state index in [9.17, 15) is 9.59 Å². The van der Waals surface area contributed by atoms with Gasteiger partial charge in [0.15, 0.2) is 0 Å². The molecule has 8 heteroatoms. The van der Waals surface area contributed by atoms with Crippen LogP contribution in [0, 0.1) is 13.8 Å². The van der Waals surface area contributed by atoms with E-state index in [4.69, 9.17) is 0 Å². The number of fused-ring (bicyclic) bond motifs is 1. The number of anilines is 1. The van der Waals surface area contributed by atoms with Gasteiger partial charge in [0.25, 0.3) is 5.56 Å². The van der Waals surface area contributed by atoms with Gasteiger partial charge in [-0.2, -0.15) is 0 Å². The highest BCUT2D eigenvalue weighted by Gasteiger charge is 2.14. The molecule has 0 aliphatic carbocycles. The molecular weight excluding hydrogens is 392 g/mol. The zero-order valence-electron chi connectivity index (χ0n) is 18.1. The fraction of sp³-hybridized carbons (Fsp3) is 0.261. The van der Waals surface area contributed by atoms with Crippen LogP contribution in [0.3, 0.4) is 0 Å². The SMILES string of the molecule is CCN(CC)c1cc2[nH]c(=O)[nH]c2cc1N=Cc1c(C)[nH]n(-c2ccc(C)cc2)c1=O. The molecule has 3 N–H and O–H groups in total. The van der Waals surface area contributed by atoms with Crippen LogP contribution >= 0.6 is 0 Å². The van der Waals surface area contributed by atoms with E-state index < -0.39 is 0 Å². The van der Waals surface area contributed by atoms with Gasteiger partial charge in [-0.25, -0.2) is 9.48 Å². The number of aromatic amines is 3. The van der Waals surface area contributed by atoms with Crippen LogP contribution in [-0.2, 0) is 0 Å². The van der Waals surface area contributed by atoms with Crippen LogP contribution in [0.2, 0.25) is 0 Å². The zero-order chi connectivity index (χ0) is 22.1. The third-order valence-electron chi connectivity index (χ3n) is 5.46. The lowest BCUT2D eigenvalue weighted by molar-refractivity contribution is 0.835. The summed E-state index contributed by atoms with van der Waals surface area (Å²) in [5, 5.41) is 3.13. The maximum atomic E-state index is 13.0. The molecular formula is C23H26N6O2. The van der Waals surface area contributed by atoms with Gasteiger partial charge in [-0.15, -0.1) is 0 Å². The summed E-state index contributed by atoms with van der Waals surface area (Å²) < 4.78 is 1.52. The second-order valence-corrected chi connectivity index (χ2v) is 7.52. The van der Waals surface area contributed by atoms with E-state index in [-0.39, 0.29) is 11.2 Å². The molecule has 0 saturated carbocycles. The van der Waals surface area contributed by atoms with Gasteiger partial charge in [-0.05, 0) is 52.0 Å². The first-order valence-electron chi connectivity index (χ1n) is 10.3. The first-order valence-corrected chi connectivity index (χ1v) is 10.3. The number of nitrogens with zero attached hydrogens (tertiary/aromatic N) is 3. The maximum absolute atomic E-state index is 13.0. The quantitative estimate of drug-likeness (QED) is 0.417. The third-order valence-corrected chi connectivity index (χ3v) is 5.46. The van der Waals surface area contributed by atoms with Crippen molar-refractivity contribution in [1.29, 1.82) is 0 Å². The smallest absolute Gasteiger partial charge is 0.323 e. The first-order chi connectivity index (χ1) is 14.9. The standard InChI is InChI=1S/C23H26N6O2/c1-5-28(6-2)21-12-19-18(25-23(31)26-19)11-20(21)24-13-17-15(4)27-29(22(17)30)16-9-7-14(3)8-10-16/h7-13,27H,5-6H2,1-4H3,(H2,25,26,31). The zero-order valence-corrected chi connectivity index (χ0v) is 18.1. The summed E-state index contributed by atoms with van der Waals surface area (Å²) in [4.78, 5) is 37.2. The van der Waals surface area contributed by atoms with Gasteiger partial charge < -0.3 is 14.9 Å². The minimum Gasteiger partial charge on any atom is -0.370 e. The molecule has 8 nitrogen and oxygen atoms in total. The number of imidazole rings is 1. The number of hydrogen-bond donors (Lipinski definition) is 3. The van der Waals surface area contributed by atoms with Crippen molar-refractivity contribution < 1.29 is 0 Å². The van der Waals surface area contributed by atoms with Crippen molar-refractivity contribution in [2.24, 2.45) is 4.99 Å². The van der Waals surface area contributed by atoms with Crippen molar-refractivity contribution in [1.82, 2.24) is 19.7 Å². The average molecular weight is 419 g/mol. The Hall–Kier alpha value is -3.81. The van der Waals surface area contributed by atoms with Crippen LogP contribution in [0.5, 0.6) is 0 Å². The Bertz CT molecular complexity index is 1360. The van der Waals surface area contributed by atoms with E-state index in [1.54, 1.807) is 6.21 Å². The Morgan fingerprint density at radius 2 is 1.65 bits per heavy atom. The van der Waals surface area contributed by atoms with Crippen LogP contribution in [0.4, 0.5) is 11.4 Å². The van der Waals surface area contributed by atoms with Crippen LogP contribution in [0.25, 0.3) is 16.7 Å². The maximum Gasteiger partial charge on any atom is 0.323 e. The van der Waals surface area contributed by atoms with Crippen molar-refractivity contribution >= 4 is 28.6 Å². The lowest BCUT2D eigenvalue weighted by Gasteiger charge is -2.22. The highest BCUT2D eigenvalue weighted by atomic mass is 16.1. The number of aromatic nitrogens is 4. The summed E-state index contributed by atoms with van der Waals surface area (Å²) in [5.74, 6) is 0. The normalized spacial score (nSPS) is 11.6. The Labute approximate surface area is 179 Å². The molecule has 0 bridgehead atoms. The highest BCUT2D eigenvalue weighted by molar-refractivity contribution is 5.90. The molecule has 0 spiro atoms. The molecule has 0 atom stereocenters. The Morgan fingerprint density at radius 3 is 2.29 bits per heavy atom. The van der Waals surface area contributed by atoms with Crippen LogP contribution < -0.4 is 16.1 Å². The molecule has 0 fully saturated rings. The molecule has 0 aliphatic rings. The molecule has 2 heterocycles. The van der Waals surface area contributed by atoms with E-state index in [0.717, 1.165) is 41.2 Å². The monoisotopic (exact) mass is 418 g/mol. The molecule has 0 amide bonds. The second-order valence-electron chi connectivity index (χ2n) is 7.52. The summed E-state index contributed by atoms with van der Waals surface area (Å²) >= 11 is 0. The number of H-pyrrole nitrogens is 3. The van der Waals surface area contributed by atoms with Crippen LogP contribution in [0.15, 0.2) is 51.0 Å². The summed E-state index contributed by atoms with van der Waals surface area (Å²) in [5.41, 5.74) is 5.70. The lowest BCUT2D eigenvalue weighted by Crippen LogP contribution is -2.22. The second kappa shape index (κ2) is 8.14. The molecule has 2 aromatic heterocycles. The number of benzene rings is 2. The van der Waals surface area contributed by atoms with Gasteiger partial charge in [-0.3, -0.25) is 14.9 Å². The Morgan fingerprint density at radius 1 is 1.00 bits per heavy atom. The molecule has 31 heavy (non-hydrogen) atoms. The van der Waals surface area contributed by atoms with E-state index in [0.29, 0.717) is 16.8 Å². The first kappa shape index (κ1) is 20.5. The minimum absolute atomic E-state index is 0.161. The molecule has 4 rings (SSSR count). The van der Waals surface area contributed by atoms with Gasteiger partial charge in [0, 0.05) is 25.0 Å². The lowest BCUT2D eigenvalue weighted by atomic mass is 10.2. The van der Waals surface area contributed by atoms with E-state index >= 15 is 0 Å². The van der Waals surface area contributed by atoms with E-state index in [1.165, 1.54) is 4.68 Å². The topological polar surface area (TPSA) is 102 Å². The molecule has 4 aromatic rings. The van der Waals surface area contributed by atoms with E-state index in [1.807, 2.05) is 50.2 Å². The largest absolute Gasteiger partial charge is 0.370 e. The minimum atomic E-state index is -0.260. The predicted octanol–water partition coefficient (Wildman–Crippen LogP) is 3.55. The number of rotatable bonds is 6. The third kappa shape index (κ3) is 3.84. The molecule has 0 saturated heterocycles. The van der Waals surface area contributed by atoms with Gasteiger partial charge in [-0.1, -0.05) is 17.7 Å². The number of nitrogens with one attached hydrogen (secondary N) is 3. The fourth-order valence-electron chi connectivity index (χ4n) is 3.70. The average Bonchev–Trinajstić information content (AvgIpc) is 3.25. The highest BCUT2D eigenvalue weighted by Crippen LogP contribution is 2.32. The van der Waals surface area contributed by atoms with Gasteiger partial charge >= 0.3 is 5.69 Å². The summed E-state index contributed by atoms with van der Waals surface area (Å²) in [6.45, 7) is 9.58. The fourth-order valence-corrected chi connectivity index (χ4v) is 3.70. The summed E-state index contributed by atoms with van der Waals surface area (Å²) in [7, 11) is 0. The van der Waals surface area contributed by atoms with Gasteiger partial charge in [0.2, 0.25) is 0 Å². The van der Waals surface area contributed by atoms with Gasteiger partial charge in [0.1, 0.15) is 0 Å². The van der Waals surface area contributed by atoms with Crippen LogP contribution in [-0.4, -0.2) is 39.1 Å². The van der Waals surface area contributed by atoms with Crippen molar-refractivity contribution in [3.63, 3.8) is 0 Å². The Balaban J connectivity index is 1.79. The van der Waals surface area contributed by atoms with Crippen molar-refractivity contribution in [3.8, 4) is 5.69 Å². The van der Waals surface area contributed by atoms with Gasteiger partial charge in [0.05, 0.1) is 33.7 Å². The van der Waals surface area contributed by atoms with E-state index in [2.05, 4.69) is 38.8 Å². The number of aliphatic imine (C=N–C) groups is 1. The molecule has 0 radical (unpaired) electrons.